The van der Waals surface area contributed by atoms with Crippen molar-refractivity contribution in [2.24, 2.45) is 5.92 Å². The molecule has 3 rings (SSSR count). The van der Waals surface area contributed by atoms with Crippen LogP contribution in [0, 0.1) is 5.92 Å². The molecule has 3 fully saturated rings. The molecule has 0 aromatic rings. The van der Waals surface area contributed by atoms with Crippen LogP contribution in [0.5, 0.6) is 0 Å². The van der Waals surface area contributed by atoms with Crippen LogP contribution in [0.1, 0.15) is 6.92 Å². The van der Waals surface area contributed by atoms with Crippen LogP contribution in [0.4, 0.5) is 0 Å². The van der Waals surface area contributed by atoms with Gasteiger partial charge in [-0.25, -0.2) is 0 Å². The number of carbonyl (C=O) groups is 2. The minimum atomic E-state index is -3.68. The van der Waals surface area contributed by atoms with E-state index < -0.39 is 51.7 Å². The summed E-state index contributed by atoms with van der Waals surface area (Å²) in [6.45, 7) is 4.67. The van der Waals surface area contributed by atoms with Gasteiger partial charge in [0.25, 0.3) is 10.1 Å². The number of rotatable bonds is 4. The molecule has 0 radical (unpaired) electrons. The quantitative estimate of drug-likeness (QED) is 0.390. The van der Waals surface area contributed by atoms with Crippen molar-refractivity contribution in [3.05, 3.63) is 12.7 Å². The van der Waals surface area contributed by atoms with Gasteiger partial charge in [0.05, 0.1) is 0 Å². The highest BCUT2D eigenvalue weighted by molar-refractivity contribution is 7.87. The lowest BCUT2D eigenvalue weighted by molar-refractivity contribution is -0.155. The summed E-state index contributed by atoms with van der Waals surface area (Å²) in [4.78, 5) is 22.7. The number of nitrogens with one attached hydrogen (secondary N) is 1. The summed E-state index contributed by atoms with van der Waals surface area (Å²) >= 11 is 0. The Balaban J connectivity index is 1.67. The minimum Gasteiger partial charge on any atom is -0.455 e. The Morgan fingerprint density at radius 1 is 1.33 bits per heavy atom. The van der Waals surface area contributed by atoms with Crippen LogP contribution in [0.3, 0.4) is 0 Å². The maximum Gasteiger partial charge on any atom is 0.325 e. The molecule has 3 aliphatic heterocycles. The Kier molecular flexibility index (Phi) is 3.30. The summed E-state index contributed by atoms with van der Waals surface area (Å²) in [6, 6.07) is 0. The van der Waals surface area contributed by atoms with E-state index in [4.69, 9.17) is 13.7 Å². The van der Waals surface area contributed by atoms with E-state index in [-0.39, 0.29) is 12.5 Å². The van der Waals surface area contributed by atoms with E-state index >= 15 is 0 Å². The first-order chi connectivity index (χ1) is 9.85. The molecular formula is C12H15NO7S. The molecule has 1 N–H and O–H groups in total. The molecule has 8 nitrogen and oxygen atoms in total. The predicted octanol–water partition coefficient (Wildman–Crippen LogP) is -1.29. The number of ether oxygens (including phenoxy) is 2. The number of hydrogen-bond donors (Lipinski definition) is 1. The maximum absolute atomic E-state index is 11.9. The summed E-state index contributed by atoms with van der Waals surface area (Å²) in [5.41, 5.74) is 0. The first-order valence-corrected chi connectivity index (χ1v) is 7.99. The van der Waals surface area contributed by atoms with Gasteiger partial charge >= 0.3 is 5.97 Å². The number of hydrogen-bond acceptors (Lipinski definition) is 7. The molecule has 3 aliphatic rings. The molecule has 116 valence electrons. The fraction of sp³-hybridized carbons (Fsp3) is 0.667. The van der Waals surface area contributed by atoms with Crippen LogP contribution >= 0.6 is 0 Å². The van der Waals surface area contributed by atoms with Crippen molar-refractivity contribution in [2.75, 3.05) is 6.54 Å². The van der Waals surface area contributed by atoms with E-state index in [1.165, 1.54) is 0 Å². The summed E-state index contributed by atoms with van der Waals surface area (Å²) in [6.07, 6.45) is -1.61. The lowest BCUT2D eigenvalue weighted by Crippen LogP contribution is -2.47. The molecule has 0 saturated carbocycles. The van der Waals surface area contributed by atoms with E-state index in [9.17, 15) is 18.0 Å². The Morgan fingerprint density at radius 3 is 2.71 bits per heavy atom. The van der Waals surface area contributed by atoms with Gasteiger partial charge in [-0.3, -0.25) is 13.8 Å². The zero-order valence-electron chi connectivity index (χ0n) is 11.2. The smallest absolute Gasteiger partial charge is 0.325 e. The van der Waals surface area contributed by atoms with Gasteiger partial charge in [0.2, 0.25) is 5.91 Å². The molecule has 6 atom stereocenters. The summed E-state index contributed by atoms with van der Waals surface area (Å²) in [5, 5.41) is 1.60. The highest BCUT2D eigenvalue weighted by atomic mass is 32.2. The number of amides is 1. The predicted molar refractivity (Wildman–Crippen MR) is 68.5 cm³/mol. The zero-order chi connectivity index (χ0) is 15.4. The number of carbonyl (C=O) groups excluding carboxylic acids is 2. The second-order valence-electron chi connectivity index (χ2n) is 5.32. The van der Waals surface area contributed by atoms with Crippen LogP contribution in [0.25, 0.3) is 0 Å². The monoisotopic (exact) mass is 317 g/mol. The Labute approximate surface area is 121 Å². The van der Waals surface area contributed by atoms with Crippen molar-refractivity contribution in [2.45, 2.75) is 36.6 Å². The molecule has 0 aromatic carbocycles. The first-order valence-electron chi connectivity index (χ1n) is 6.52. The van der Waals surface area contributed by atoms with Crippen molar-refractivity contribution >= 4 is 22.0 Å². The van der Waals surface area contributed by atoms with Crippen molar-refractivity contribution in [3.8, 4) is 0 Å². The Morgan fingerprint density at radius 2 is 2.05 bits per heavy atom. The van der Waals surface area contributed by atoms with Gasteiger partial charge in [-0.15, -0.1) is 0 Å². The van der Waals surface area contributed by atoms with Crippen molar-refractivity contribution < 1.29 is 31.7 Å². The summed E-state index contributed by atoms with van der Waals surface area (Å²) in [5.74, 6) is -1.48. The third kappa shape index (κ3) is 2.16. The van der Waals surface area contributed by atoms with E-state index in [1.54, 1.807) is 6.92 Å². The highest BCUT2D eigenvalue weighted by Crippen LogP contribution is 2.50. The van der Waals surface area contributed by atoms with Crippen LogP contribution in [0.15, 0.2) is 12.7 Å². The fourth-order valence-electron chi connectivity index (χ4n) is 3.20. The fourth-order valence-corrected chi connectivity index (χ4v) is 5.08. The standard InChI is InChI=1S/C12H15NO7S/c1-3-6(14)13-4-7(15)18-9-8-5(2)12-11(19-8)10(9)20-21(12,16)17/h3,5,8-12H,1,4H2,2H3,(H,13,14). The van der Waals surface area contributed by atoms with Gasteiger partial charge in [-0.1, -0.05) is 13.5 Å². The minimum absolute atomic E-state index is 0.306. The van der Waals surface area contributed by atoms with E-state index in [0.717, 1.165) is 6.08 Å². The van der Waals surface area contributed by atoms with Crippen LogP contribution < -0.4 is 5.32 Å². The molecule has 0 aromatic heterocycles. The summed E-state index contributed by atoms with van der Waals surface area (Å²) in [7, 11) is -3.68. The molecule has 0 spiro atoms. The number of fused-ring (bicyclic) bond motifs is 1. The molecule has 21 heavy (non-hydrogen) atoms. The molecule has 6 unspecified atom stereocenters. The molecule has 2 bridgehead atoms. The van der Waals surface area contributed by atoms with Crippen molar-refractivity contribution in [1.29, 1.82) is 0 Å². The molecule has 1 amide bonds. The van der Waals surface area contributed by atoms with Gasteiger partial charge < -0.3 is 14.8 Å². The third-order valence-electron chi connectivity index (χ3n) is 4.08. The molecule has 3 saturated heterocycles. The lowest BCUT2D eigenvalue weighted by atomic mass is 9.86. The topological polar surface area (TPSA) is 108 Å². The third-order valence-corrected chi connectivity index (χ3v) is 5.94. The second kappa shape index (κ2) is 4.79. The van der Waals surface area contributed by atoms with E-state index in [1.807, 2.05) is 0 Å². The average molecular weight is 317 g/mol. The molecule has 3 heterocycles. The normalized spacial score (nSPS) is 41.8. The lowest BCUT2D eigenvalue weighted by Gasteiger charge is -2.25. The van der Waals surface area contributed by atoms with E-state index in [2.05, 4.69) is 11.9 Å². The first kappa shape index (κ1) is 14.5. The Hall–Kier alpha value is -1.45. The van der Waals surface area contributed by atoms with Gasteiger partial charge in [-0.2, -0.15) is 8.42 Å². The molecular weight excluding hydrogens is 302 g/mol. The van der Waals surface area contributed by atoms with Crippen LogP contribution in [-0.4, -0.2) is 56.5 Å². The van der Waals surface area contributed by atoms with Crippen LogP contribution in [-0.2, 0) is 33.4 Å². The van der Waals surface area contributed by atoms with Gasteiger partial charge in [0.1, 0.15) is 30.1 Å². The van der Waals surface area contributed by atoms with Crippen molar-refractivity contribution in [3.63, 3.8) is 0 Å². The highest BCUT2D eigenvalue weighted by Gasteiger charge is 2.70. The van der Waals surface area contributed by atoms with Gasteiger partial charge in [0, 0.05) is 5.92 Å². The average Bonchev–Trinajstić information content (AvgIpc) is 2.98. The van der Waals surface area contributed by atoms with Gasteiger partial charge in [0.15, 0.2) is 6.10 Å². The van der Waals surface area contributed by atoms with Crippen LogP contribution in [0.2, 0.25) is 0 Å². The summed E-state index contributed by atoms with van der Waals surface area (Å²) < 4.78 is 39.6. The molecule has 0 aliphatic carbocycles. The van der Waals surface area contributed by atoms with Gasteiger partial charge in [-0.05, 0) is 6.08 Å². The largest absolute Gasteiger partial charge is 0.455 e. The Bertz CT molecular complexity index is 601. The van der Waals surface area contributed by atoms with E-state index in [0.29, 0.717) is 0 Å². The number of esters is 1. The maximum atomic E-state index is 11.9. The molecule has 9 heteroatoms. The van der Waals surface area contributed by atoms with Crippen molar-refractivity contribution in [1.82, 2.24) is 5.32 Å². The zero-order valence-corrected chi connectivity index (χ0v) is 12.0. The SMILES string of the molecule is C=CC(=O)NCC(=O)OC1C2OC3C1OS(=O)(=O)C3C2C. The second-order valence-corrected chi connectivity index (χ2v) is 7.04.